The van der Waals surface area contributed by atoms with E-state index in [1.165, 1.54) is 0 Å². The first-order chi connectivity index (χ1) is 8.54. The summed E-state index contributed by atoms with van der Waals surface area (Å²) in [5.74, 6) is 1.45. The molecule has 7 heteroatoms. The van der Waals surface area contributed by atoms with Gasteiger partial charge >= 0.3 is 0 Å². The Kier molecular flexibility index (Phi) is 5.31. The Morgan fingerprint density at radius 3 is 2.78 bits per heavy atom. The third kappa shape index (κ3) is 4.17. The summed E-state index contributed by atoms with van der Waals surface area (Å²) in [6, 6.07) is 0. The highest BCUT2D eigenvalue weighted by atomic mass is 16.5. The number of amides is 1. The van der Waals surface area contributed by atoms with Crippen LogP contribution >= 0.6 is 0 Å². The molecule has 0 bridgehead atoms. The standard InChI is InChI=1S/C11H19N5O2/c1-7-10(12)15-8(2)16-11(7)14-6-9(17)13-4-5-18-3/h4-6H2,1-3H3,(H,13,17)(H3,12,14,15,16). The molecule has 4 N–H and O–H groups in total. The molecular weight excluding hydrogens is 234 g/mol. The van der Waals surface area contributed by atoms with Crippen molar-refractivity contribution in [2.45, 2.75) is 13.8 Å². The molecule has 0 atom stereocenters. The van der Waals surface area contributed by atoms with Crippen LogP contribution in [-0.4, -0.2) is 42.7 Å². The molecule has 0 saturated carbocycles. The highest BCUT2D eigenvalue weighted by Crippen LogP contribution is 2.16. The van der Waals surface area contributed by atoms with Crippen LogP contribution < -0.4 is 16.4 Å². The van der Waals surface area contributed by atoms with Crippen LogP contribution in [0.5, 0.6) is 0 Å². The number of ether oxygens (including phenoxy) is 1. The molecule has 18 heavy (non-hydrogen) atoms. The summed E-state index contributed by atoms with van der Waals surface area (Å²) in [6.45, 7) is 4.67. The topological polar surface area (TPSA) is 102 Å². The lowest BCUT2D eigenvalue weighted by molar-refractivity contribution is -0.119. The first-order valence-electron chi connectivity index (χ1n) is 5.64. The number of aryl methyl sites for hydroxylation is 1. The summed E-state index contributed by atoms with van der Waals surface area (Å²) in [5.41, 5.74) is 6.46. The molecule has 1 aromatic rings. The van der Waals surface area contributed by atoms with E-state index >= 15 is 0 Å². The minimum atomic E-state index is -0.124. The van der Waals surface area contributed by atoms with Crippen LogP contribution in [0.25, 0.3) is 0 Å². The van der Waals surface area contributed by atoms with Gasteiger partial charge in [0, 0.05) is 19.2 Å². The number of nitrogens with two attached hydrogens (primary N) is 1. The van der Waals surface area contributed by atoms with Crippen molar-refractivity contribution in [3.05, 3.63) is 11.4 Å². The van der Waals surface area contributed by atoms with Gasteiger partial charge in [0.15, 0.2) is 0 Å². The number of hydrogen-bond acceptors (Lipinski definition) is 6. The fourth-order valence-electron chi connectivity index (χ4n) is 1.34. The Balaban J connectivity index is 2.50. The molecule has 0 saturated heterocycles. The van der Waals surface area contributed by atoms with Crippen LogP contribution in [0.1, 0.15) is 11.4 Å². The number of carbonyl (C=O) groups is 1. The molecule has 0 fully saturated rings. The van der Waals surface area contributed by atoms with Crippen molar-refractivity contribution in [2.75, 3.05) is 37.9 Å². The van der Waals surface area contributed by atoms with E-state index < -0.39 is 0 Å². The van der Waals surface area contributed by atoms with Gasteiger partial charge in [-0.3, -0.25) is 4.79 Å². The summed E-state index contributed by atoms with van der Waals surface area (Å²) >= 11 is 0. The predicted molar refractivity (Wildman–Crippen MR) is 69.3 cm³/mol. The molecule has 1 heterocycles. The largest absolute Gasteiger partial charge is 0.383 e. The number of carbonyl (C=O) groups excluding carboxylic acids is 1. The molecule has 1 rings (SSSR count). The van der Waals surface area contributed by atoms with Crippen LogP contribution in [-0.2, 0) is 9.53 Å². The maximum absolute atomic E-state index is 11.5. The van der Waals surface area contributed by atoms with Gasteiger partial charge in [-0.15, -0.1) is 0 Å². The van der Waals surface area contributed by atoms with Crippen molar-refractivity contribution >= 4 is 17.5 Å². The SMILES string of the molecule is COCCNC(=O)CNc1nc(C)nc(N)c1C. The summed E-state index contributed by atoms with van der Waals surface area (Å²) in [5, 5.41) is 5.64. The van der Waals surface area contributed by atoms with Gasteiger partial charge < -0.3 is 21.1 Å². The van der Waals surface area contributed by atoms with Crippen LogP contribution in [0.4, 0.5) is 11.6 Å². The number of aromatic nitrogens is 2. The molecule has 0 aromatic carbocycles. The van der Waals surface area contributed by atoms with Gasteiger partial charge in [-0.05, 0) is 13.8 Å². The van der Waals surface area contributed by atoms with E-state index in [0.29, 0.717) is 30.6 Å². The van der Waals surface area contributed by atoms with E-state index in [9.17, 15) is 4.79 Å². The maximum Gasteiger partial charge on any atom is 0.239 e. The molecule has 0 radical (unpaired) electrons. The van der Waals surface area contributed by atoms with Crippen LogP contribution in [0.15, 0.2) is 0 Å². The molecule has 0 spiro atoms. The summed E-state index contributed by atoms with van der Waals surface area (Å²) < 4.78 is 4.83. The molecule has 1 aromatic heterocycles. The third-order valence-electron chi connectivity index (χ3n) is 2.34. The van der Waals surface area contributed by atoms with Gasteiger partial charge in [-0.25, -0.2) is 9.97 Å². The fraction of sp³-hybridized carbons (Fsp3) is 0.545. The zero-order valence-corrected chi connectivity index (χ0v) is 10.9. The number of nitrogens with zero attached hydrogens (tertiary/aromatic N) is 2. The Bertz CT molecular complexity index is 422. The summed E-state index contributed by atoms with van der Waals surface area (Å²) in [6.07, 6.45) is 0. The monoisotopic (exact) mass is 253 g/mol. The summed E-state index contributed by atoms with van der Waals surface area (Å²) in [4.78, 5) is 19.7. The second-order valence-electron chi connectivity index (χ2n) is 3.83. The van der Waals surface area contributed by atoms with Gasteiger partial charge in [0.1, 0.15) is 17.5 Å². The van der Waals surface area contributed by atoms with Crippen molar-refractivity contribution in [2.24, 2.45) is 0 Å². The van der Waals surface area contributed by atoms with E-state index in [2.05, 4.69) is 20.6 Å². The first kappa shape index (κ1) is 14.2. The average molecular weight is 253 g/mol. The van der Waals surface area contributed by atoms with E-state index in [-0.39, 0.29) is 12.5 Å². The lowest BCUT2D eigenvalue weighted by Gasteiger charge is -2.10. The number of rotatable bonds is 6. The predicted octanol–water partition coefficient (Wildman–Crippen LogP) is -0.150. The molecule has 0 aliphatic carbocycles. The Morgan fingerprint density at radius 2 is 2.11 bits per heavy atom. The van der Waals surface area contributed by atoms with Crippen LogP contribution in [0.2, 0.25) is 0 Å². The van der Waals surface area contributed by atoms with E-state index in [1.807, 2.05) is 0 Å². The van der Waals surface area contributed by atoms with Crippen molar-refractivity contribution < 1.29 is 9.53 Å². The zero-order valence-electron chi connectivity index (χ0n) is 10.9. The molecule has 1 amide bonds. The van der Waals surface area contributed by atoms with Gasteiger partial charge in [-0.2, -0.15) is 0 Å². The van der Waals surface area contributed by atoms with Gasteiger partial charge in [0.2, 0.25) is 5.91 Å². The molecule has 0 aliphatic rings. The number of methoxy groups -OCH3 is 1. The zero-order chi connectivity index (χ0) is 13.5. The van der Waals surface area contributed by atoms with Gasteiger partial charge in [0.05, 0.1) is 13.2 Å². The van der Waals surface area contributed by atoms with Crippen molar-refractivity contribution in [3.8, 4) is 0 Å². The quantitative estimate of drug-likeness (QED) is 0.609. The number of anilines is 2. The van der Waals surface area contributed by atoms with Crippen LogP contribution in [0.3, 0.4) is 0 Å². The lowest BCUT2D eigenvalue weighted by Crippen LogP contribution is -2.32. The molecule has 7 nitrogen and oxygen atoms in total. The Hall–Kier alpha value is -1.89. The van der Waals surface area contributed by atoms with Gasteiger partial charge in [0.25, 0.3) is 0 Å². The highest BCUT2D eigenvalue weighted by Gasteiger charge is 2.07. The maximum atomic E-state index is 11.5. The normalized spacial score (nSPS) is 10.2. The van der Waals surface area contributed by atoms with Crippen molar-refractivity contribution in [1.82, 2.24) is 15.3 Å². The summed E-state index contributed by atoms with van der Waals surface area (Å²) in [7, 11) is 1.58. The lowest BCUT2D eigenvalue weighted by atomic mass is 10.3. The van der Waals surface area contributed by atoms with E-state index in [4.69, 9.17) is 10.5 Å². The number of nitrogens with one attached hydrogen (secondary N) is 2. The second kappa shape index (κ2) is 6.75. The number of nitrogen functional groups attached to an aromatic ring is 1. The molecule has 0 aliphatic heterocycles. The number of hydrogen-bond donors (Lipinski definition) is 3. The third-order valence-corrected chi connectivity index (χ3v) is 2.34. The van der Waals surface area contributed by atoms with Crippen molar-refractivity contribution in [3.63, 3.8) is 0 Å². The first-order valence-corrected chi connectivity index (χ1v) is 5.64. The van der Waals surface area contributed by atoms with E-state index in [1.54, 1.807) is 21.0 Å². The molecular formula is C11H19N5O2. The van der Waals surface area contributed by atoms with Gasteiger partial charge in [-0.1, -0.05) is 0 Å². The average Bonchev–Trinajstić information content (AvgIpc) is 2.32. The fourth-order valence-corrected chi connectivity index (χ4v) is 1.34. The van der Waals surface area contributed by atoms with E-state index in [0.717, 1.165) is 5.56 Å². The highest BCUT2D eigenvalue weighted by molar-refractivity contribution is 5.80. The second-order valence-corrected chi connectivity index (χ2v) is 3.83. The van der Waals surface area contributed by atoms with Crippen molar-refractivity contribution in [1.29, 1.82) is 0 Å². The Morgan fingerprint density at radius 1 is 1.39 bits per heavy atom. The molecule has 0 unspecified atom stereocenters. The minimum Gasteiger partial charge on any atom is -0.383 e. The molecule has 100 valence electrons. The smallest absolute Gasteiger partial charge is 0.239 e. The van der Waals surface area contributed by atoms with Crippen LogP contribution in [0, 0.1) is 13.8 Å². The minimum absolute atomic E-state index is 0.124. The Labute approximate surface area is 106 Å².